The third-order valence-corrected chi connectivity index (χ3v) is 3.89. The molecular weight excluding hydrogens is 354 g/mol. The van der Waals surface area contributed by atoms with Crippen molar-refractivity contribution in [2.75, 3.05) is 5.32 Å². The monoisotopic (exact) mass is 362 g/mol. The van der Waals surface area contributed by atoms with Gasteiger partial charge in [-0.05, 0) is 48.1 Å². The second-order valence-electron chi connectivity index (χ2n) is 4.19. The average molecular weight is 364 g/mol. The fourth-order valence-electron chi connectivity index (χ4n) is 1.58. The number of anilines is 1. The van der Waals surface area contributed by atoms with Gasteiger partial charge in [0.2, 0.25) is 0 Å². The molecule has 0 radical (unpaired) electrons. The molecule has 0 fully saturated rings. The van der Waals surface area contributed by atoms with Crippen LogP contribution in [0.1, 0.15) is 5.56 Å². The largest absolute Gasteiger partial charge is 0.358 e. The Balaban J connectivity index is 1.92. The first-order valence-electron chi connectivity index (χ1n) is 5.89. The van der Waals surface area contributed by atoms with E-state index in [4.69, 9.17) is 47.0 Å². The van der Waals surface area contributed by atoms with Crippen LogP contribution in [0.25, 0.3) is 0 Å². The molecule has 0 spiro atoms. The lowest BCUT2D eigenvalue weighted by Crippen LogP contribution is -2.27. The molecule has 0 saturated heterocycles. The fourth-order valence-corrected chi connectivity index (χ4v) is 2.27. The molecule has 0 atom stereocenters. The summed E-state index contributed by atoms with van der Waals surface area (Å²) in [6.07, 6.45) is 0. The van der Waals surface area contributed by atoms with Crippen LogP contribution in [0.2, 0.25) is 15.1 Å². The fraction of sp³-hybridized carbons (Fsp3) is 0.0714. The van der Waals surface area contributed by atoms with Crippen molar-refractivity contribution in [3.05, 3.63) is 62.8 Å². The zero-order chi connectivity index (χ0) is 15.4. The van der Waals surface area contributed by atoms with Gasteiger partial charge in [0, 0.05) is 12.2 Å². The van der Waals surface area contributed by atoms with Gasteiger partial charge in [-0.1, -0.05) is 40.9 Å². The molecule has 2 N–H and O–H groups in total. The van der Waals surface area contributed by atoms with Crippen LogP contribution in [0, 0.1) is 5.82 Å². The highest BCUT2D eigenvalue weighted by Gasteiger charge is 2.04. The third-order valence-electron chi connectivity index (χ3n) is 2.61. The number of hydrogen-bond donors (Lipinski definition) is 2. The molecule has 2 nitrogen and oxygen atoms in total. The smallest absolute Gasteiger partial charge is 0.171 e. The van der Waals surface area contributed by atoms with Crippen LogP contribution in [0.15, 0.2) is 36.4 Å². The highest BCUT2D eigenvalue weighted by molar-refractivity contribution is 7.80. The van der Waals surface area contributed by atoms with E-state index in [0.717, 1.165) is 5.56 Å². The summed E-state index contributed by atoms with van der Waals surface area (Å²) in [5, 5.41) is 7.34. The van der Waals surface area contributed by atoms with E-state index in [9.17, 15) is 4.39 Å². The first-order chi connectivity index (χ1) is 9.95. The number of halogens is 4. The van der Waals surface area contributed by atoms with Crippen LogP contribution in [0.5, 0.6) is 0 Å². The molecule has 21 heavy (non-hydrogen) atoms. The molecule has 2 aromatic carbocycles. The van der Waals surface area contributed by atoms with Gasteiger partial charge in [-0.15, -0.1) is 0 Å². The van der Waals surface area contributed by atoms with E-state index in [1.54, 1.807) is 18.2 Å². The zero-order valence-electron chi connectivity index (χ0n) is 10.6. The Kier molecular flexibility index (Phi) is 5.65. The molecule has 2 rings (SSSR count). The van der Waals surface area contributed by atoms with Gasteiger partial charge in [-0.2, -0.15) is 0 Å². The second kappa shape index (κ2) is 7.27. The Morgan fingerprint density at radius 2 is 1.76 bits per heavy atom. The van der Waals surface area contributed by atoms with Crippen LogP contribution < -0.4 is 10.6 Å². The molecule has 0 bridgehead atoms. The standard InChI is InChI=1S/C14H10Cl3FN2S/c15-10-3-1-8(5-11(10)16)7-19-14(21)20-9-2-4-13(18)12(17)6-9/h1-6H,7H2,(H2,19,20,21). The summed E-state index contributed by atoms with van der Waals surface area (Å²) >= 11 is 22.6. The number of nitrogens with one attached hydrogen (secondary N) is 2. The molecule has 0 aliphatic rings. The van der Waals surface area contributed by atoms with Crippen LogP contribution in [-0.2, 0) is 6.54 Å². The van der Waals surface area contributed by atoms with E-state index in [0.29, 0.717) is 27.4 Å². The number of thiocarbonyl (C=S) groups is 1. The minimum Gasteiger partial charge on any atom is -0.358 e. The Morgan fingerprint density at radius 3 is 2.43 bits per heavy atom. The number of hydrogen-bond acceptors (Lipinski definition) is 1. The van der Waals surface area contributed by atoms with E-state index in [2.05, 4.69) is 10.6 Å². The van der Waals surface area contributed by atoms with Crippen LogP contribution in [0.3, 0.4) is 0 Å². The van der Waals surface area contributed by atoms with Gasteiger partial charge < -0.3 is 10.6 Å². The molecule has 0 saturated carbocycles. The predicted molar refractivity (Wildman–Crippen MR) is 90.9 cm³/mol. The van der Waals surface area contributed by atoms with Crippen LogP contribution in [-0.4, -0.2) is 5.11 Å². The molecule has 7 heteroatoms. The molecule has 110 valence electrons. The van der Waals surface area contributed by atoms with Gasteiger partial charge in [0.05, 0.1) is 15.1 Å². The summed E-state index contributed by atoms with van der Waals surface area (Å²) in [5.41, 5.74) is 1.54. The highest BCUT2D eigenvalue weighted by Crippen LogP contribution is 2.22. The minimum absolute atomic E-state index is 0.0345. The van der Waals surface area contributed by atoms with Crippen molar-refractivity contribution in [1.29, 1.82) is 0 Å². The van der Waals surface area contributed by atoms with E-state index in [1.807, 2.05) is 6.07 Å². The van der Waals surface area contributed by atoms with Crippen molar-refractivity contribution in [2.45, 2.75) is 6.54 Å². The highest BCUT2D eigenvalue weighted by atomic mass is 35.5. The van der Waals surface area contributed by atoms with Crippen molar-refractivity contribution in [3.63, 3.8) is 0 Å². The van der Waals surface area contributed by atoms with E-state index >= 15 is 0 Å². The molecule has 0 unspecified atom stereocenters. The van der Waals surface area contributed by atoms with Gasteiger partial charge in [-0.25, -0.2) is 4.39 Å². The second-order valence-corrected chi connectivity index (χ2v) is 5.81. The van der Waals surface area contributed by atoms with Gasteiger partial charge in [0.15, 0.2) is 5.11 Å². The topological polar surface area (TPSA) is 24.1 Å². The third kappa shape index (κ3) is 4.71. The van der Waals surface area contributed by atoms with Crippen LogP contribution in [0.4, 0.5) is 10.1 Å². The van der Waals surface area contributed by atoms with Crippen LogP contribution >= 0.6 is 47.0 Å². The van der Waals surface area contributed by atoms with Crippen molar-refractivity contribution in [3.8, 4) is 0 Å². The predicted octanol–water partition coefficient (Wildman–Crippen LogP) is 5.27. The molecule has 0 amide bonds. The number of benzene rings is 2. The maximum Gasteiger partial charge on any atom is 0.171 e. The van der Waals surface area contributed by atoms with E-state index < -0.39 is 5.82 Å². The summed E-state index contributed by atoms with van der Waals surface area (Å²) in [7, 11) is 0. The Labute approximate surface area is 142 Å². The summed E-state index contributed by atoms with van der Waals surface area (Å²) in [6.45, 7) is 0.484. The summed E-state index contributed by atoms with van der Waals surface area (Å²) in [4.78, 5) is 0. The summed E-state index contributed by atoms with van der Waals surface area (Å²) in [6, 6.07) is 9.61. The Hall–Kier alpha value is -1.07. The lowest BCUT2D eigenvalue weighted by atomic mass is 10.2. The minimum atomic E-state index is -0.475. The van der Waals surface area contributed by atoms with Gasteiger partial charge in [0.25, 0.3) is 0 Å². The summed E-state index contributed by atoms with van der Waals surface area (Å²) < 4.78 is 13.0. The van der Waals surface area contributed by atoms with E-state index in [-0.39, 0.29) is 5.02 Å². The SMILES string of the molecule is Fc1ccc(NC(=S)NCc2ccc(Cl)c(Cl)c2)cc1Cl. The molecule has 0 aliphatic heterocycles. The van der Waals surface area contributed by atoms with Gasteiger partial charge in [0.1, 0.15) is 5.82 Å². The van der Waals surface area contributed by atoms with Crippen molar-refractivity contribution >= 4 is 57.8 Å². The van der Waals surface area contributed by atoms with Gasteiger partial charge >= 0.3 is 0 Å². The Bertz CT molecular complexity index is 679. The maximum atomic E-state index is 13.0. The van der Waals surface area contributed by atoms with Gasteiger partial charge in [-0.3, -0.25) is 0 Å². The normalized spacial score (nSPS) is 10.3. The van der Waals surface area contributed by atoms with Crippen molar-refractivity contribution in [1.82, 2.24) is 5.32 Å². The summed E-state index contributed by atoms with van der Waals surface area (Å²) in [5.74, 6) is -0.475. The lowest BCUT2D eigenvalue weighted by Gasteiger charge is -2.11. The first kappa shape index (κ1) is 16.3. The average Bonchev–Trinajstić information content (AvgIpc) is 2.44. The lowest BCUT2D eigenvalue weighted by molar-refractivity contribution is 0.628. The van der Waals surface area contributed by atoms with Crippen molar-refractivity contribution < 1.29 is 4.39 Å². The first-order valence-corrected chi connectivity index (χ1v) is 7.44. The zero-order valence-corrected chi connectivity index (χ0v) is 13.7. The van der Waals surface area contributed by atoms with E-state index in [1.165, 1.54) is 12.1 Å². The maximum absolute atomic E-state index is 13.0. The molecular formula is C14H10Cl3FN2S. The molecule has 0 aliphatic carbocycles. The van der Waals surface area contributed by atoms with Crippen molar-refractivity contribution in [2.24, 2.45) is 0 Å². The number of rotatable bonds is 3. The molecule has 0 heterocycles. The quantitative estimate of drug-likeness (QED) is 0.726. The Morgan fingerprint density at radius 1 is 1.00 bits per heavy atom. The molecule has 0 aromatic heterocycles. The molecule has 2 aromatic rings.